The summed E-state index contributed by atoms with van der Waals surface area (Å²) in [7, 11) is 0. The molecule has 0 saturated heterocycles. The fraction of sp³-hybridized carbons (Fsp3) is 0.100. The number of hydrogen-bond acceptors (Lipinski definition) is 3. The number of aromatic nitrogens is 1. The second-order valence-electron chi connectivity index (χ2n) is 5.45. The van der Waals surface area contributed by atoms with Crippen LogP contribution in [-0.2, 0) is 18.2 Å². The average molecular weight is 426 g/mol. The van der Waals surface area contributed by atoms with Gasteiger partial charge in [0, 0.05) is 0 Å². The predicted octanol–water partition coefficient (Wildman–Crippen LogP) is 5.30. The van der Waals surface area contributed by atoms with Crippen LogP contribution in [0.25, 0.3) is 0 Å². The molecule has 0 aliphatic rings. The quantitative estimate of drug-likeness (QED) is 0.519. The van der Waals surface area contributed by atoms with Crippen LogP contribution in [0.1, 0.15) is 16.8 Å². The van der Waals surface area contributed by atoms with Crippen LogP contribution >= 0.6 is 24.8 Å². The number of pyridine rings is 1. The van der Waals surface area contributed by atoms with Crippen molar-refractivity contribution in [1.29, 1.82) is 0 Å². The number of halogens is 2. The van der Waals surface area contributed by atoms with Gasteiger partial charge in [0.1, 0.15) is 0 Å². The number of rotatable bonds is 5. The maximum absolute atomic E-state index is 6.26. The van der Waals surface area contributed by atoms with Crippen molar-refractivity contribution in [3.63, 3.8) is 0 Å². The van der Waals surface area contributed by atoms with Crippen molar-refractivity contribution in [3.8, 4) is 11.5 Å². The van der Waals surface area contributed by atoms with Gasteiger partial charge in [0.2, 0.25) is 0 Å². The second kappa shape index (κ2) is 11.1. The Bertz CT molecular complexity index is 808. The van der Waals surface area contributed by atoms with Gasteiger partial charge in [-0.15, -0.1) is 24.8 Å². The Morgan fingerprint density at radius 2 is 1.23 bits per heavy atom. The van der Waals surface area contributed by atoms with E-state index in [0.29, 0.717) is 0 Å². The van der Waals surface area contributed by atoms with Gasteiger partial charge in [-0.2, -0.15) is 0 Å². The van der Waals surface area contributed by atoms with Crippen molar-refractivity contribution in [2.45, 2.75) is 13.8 Å². The Morgan fingerprint density at radius 1 is 0.731 bits per heavy atom. The van der Waals surface area contributed by atoms with Crippen LogP contribution < -0.4 is 6.64 Å². The number of nitrogens with zero attached hydrogens (tertiary/aromatic N) is 1. The molecule has 0 fully saturated rings. The third kappa shape index (κ3) is 6.26. The third-order valence-corrected chi connectivity index (χ3v) is 5.71. The molecule has 0 unspecified atom stereocenters. The smallest absolute Gasteiger partial charge is 0.147 e. The van der Waals surface area contributed by atoms with Crippen molar-refractivity contribution >= 4 is 29.1 Å². The van der Waals surface area contributed by atoms with Crippen molar-refractivity contribution < 1.29 is 24.8 Å². The second-order valence-corrected chi connectivity index (χ2v) is 7.54. The van der Waals surface area contributed by atoms with Crippen molar-refractivity contribution in [3.05, 3.63) is 89.7 Å². The topological polar surface area (TPSA) is 31.4 Å². The van der Waals surface area contributed by atoms with Gasteiger partial charge in [-0.1, -0.05) is 0 Å². The summed E-state index contributed by atoms with van der Waals surface area (Å²) in [6, 6.07) is 21.9. The number of hydrogen-bond donors (Lipinski definition) is 0. The van der Waals surface area contributed by atoms with Crippen LogP contribution in [0.3, 0.4) is 0 Å². The first kappa shape index (κ1) is 22.4. The van der Waals surface area contributed by atoms with E-state index < -0.39 is 18.2 Å². The fourth-order valence-corrected chi connectivity index (χ4v) is 4.51. The van der Waals surface area contributed by atoms with Crippen LogP contribution in [0.15, 0.2) is 72.9 Å². The van der Waals surface area contributed by atoms with Crippen molar-refractivity contribution in [2.75, 3.05) is 0 Å². The summed E-state index contributed by atoms with van der Waals surface area (Å²) in [6.07, 6.45) is 1.78. The number of aryl methyl sites for hydroxylation is 2. The standard InChI is InChI=1S/2C7H8O.C6H5N.2ClH.Ti/c2*1-6-4-2-3-5-7(6)8;1-6-4-2-3-5-7-6;;;/h2*2-5,8H,1H3;1-5H;2*1H;/q;;;;;+2/p-2. The maximum Gasteiger partial charge on any atom is -0.147 e. The first-order valence-corrected chi connectivity index (χ1v) is 10.00. The molecule has 0 N–H and O–H groups in total. The van der Waals surface area contributed by atoms with E-state index in [4.69, 9.17) is 6.64 Å². The molecular formula is C20H21Cl2NO2Ti. The molecule has 26 heavy (non-hydrogen) atoms. The van der Waals surface area contributed by atoms with Crippen LogP contribution in [0.5, 0.6) is 11.5 Å². The van der Waals surface area contributed by atoms with E-state index in [-0.39, 0.29) is 24.8 Å². The summed E-state index contributed by atoms with van der Waals surface area (Å²) >= 11 is -2.48. The molecular weight excluding hydrogens is 405 g/mol. The van der Waals surface area contributed by atoms with Crippen LogP contribution in [0.4, 0.5) is 0 Å². The molecule has 0 radical (unpaired) electrons. The summed E-state index contributed by atoms with van der Waals surface area (Å²) in [5, 5.41) is 0. The largest absolute Gasteiger partial charge is 0.147 e. The van der Waals surface area contributed by atoms with E-state index in [2.05, 4.69) is 4.98 Å². The van der Waals surface area contributed by atoms with Gasteiger partial charge in [-0.25, -0.2) is 0 Å². The molecule has 0 aliphatic heterocycles. The van der Waals surface area contributed by atoms with E-state index in [1.54, 1.807) is 6.20 Å². The van der Waals surface area contributed by atoms with E-state index >= 15 is 0 Å². The van der Waals surface area contributed by atoms with Crippen LogP contribution in [-0.4, -0.2) is 9.30 Å². The number of para-hydroxylation sites is 2. The van der Waals surface area contributed by atoms with Crippen molar-refractivity contribution in [1.82, 2.24) is 4.98 Å². The molecule has 136 valence electrons. The summed E-state index contributed by atoms with van der Waals surface area (Å²) in [5.74, 6) is 1.74. The Kier molecular flexibility index (Phi) is 9.60. The Morgan fingerprint density at radius 3 is 1.69 bits per heavy atom. The SMILES string of the molecule is Cc1ccccc1[O][Ti](=[CH]c1ccccn1)[O]c1ccccc1C.Cl.Cl. The third-order valence-electron chi connectivity index (χ3n) is 3.56. The molecule has 3 rings (SSSR count). The normalized spacial score (nSPS) is 9.31. The minimum atomic E-state index is -2.48. The molecule has 0 bridgehead atoms. The average Bonchev–Trinajstić information content (AvgIpc) is 2.60. The molecule has 0 aliphatic carbocycles. The molecule has 3 nitrogen and oxygen atoms in total. The minimum absolute atomic E-state index is 0. The van der Waals surface area contributed by atoms with Gasteiger partial charge < -0.3 is 0 Å². The maximum atomic E-state index is 6.26. The molecule has 0 spiro atoms. The van der Waals surface area contributed by atoms with E-state index in [0.717, 1.165) is 28.3 Å². The Hall–Kier alpha value is -1.65. The van der Waals surface area contributed by atoms with Gasteiger partial charge >= 0.3 is 149 Å². The fourth-order valence-electron chi connectivity index (χ4n) is 2.22. The molecule has 0 atom stereocenters. The zero-order chi connectivity index (χ0) is 16.8. The molecule has 0 amide bonds. The van der Waals surface area contributed by atoms with Gasteiger partial charge in [-0.05, 0) is 0 Å². The van der Waals surface area contributed by atoms with Crippen molar-refractivity contribution in [2.24, 2.45) is 0 Å². The molecule has 6 heteroatoms. The summed E-state index contributed by atoms with van der Waals surface area (Å²) in [4.78, 5) is 4.37. The minimum Gasteiger partial charge on any atom is -0.147 e. The van der Waals surface area contributed by atoms with E-state index in [1.807, 2.05) is 84.9 Å². The van der Waals surface area contributed by atoms with E-state index in [9.17, 15) is 0 Å². The monoisotopic (exact) mass is 425 g/mol. The zero-order valence-electron chi connectivity index (χ0n) is 14.6. The summed E-state index contributed by atoms with van der Waals surface area (Å²) in [5.41, 5.74) is 3.09. The Balaban J connectivity index is 0.00000169. The molecule has 3 aromatic rings. The summed E-state index contributed by atoms with van der Waals surface area (Å²) < 4.78 is 14.6. The van der Waals surface area contributed by atoms with E-state index in [1.165, 1.54) is 0 Å². The Labute approximate surface area is 173 Å². The van der Waals surface area contributed by atoms with Crippen LogP contribution in [0.2, 0.25) is 0 Å². The number of benzene rings is 2. The van der Waals surface area contributed by atoms with Gasteiger partial charge in [-0.3, -0.25) is 0 Å². The first-order chi connectivity index (χ1) is 11.7. The van der Waals surface area contributed by atoms with Gasteiger partial charge in [0.15, 0.2) is 0 Å². The molecule has 2 aromatic carbocycles. The predicted molar refractivity (Wildman–Crippen MR) is 108 cm³/mol. The van der Waals surface area contributed by atoms with Gasteiger partial charge in [0.05, 0.1) is 0 Å². The summed E-state index contributed by atoms with van der Waals surface area (Å²) in [6.45, 7) is 4.08. The molecule has 0 saturated carbocycles. The van der Waals surface area contributed by atoms with Crippen LogP contribution in [0, 0.1) is 13.8 Å². The van der Waals surface area contributed by atoms with Gasteiger partial charge in [0.25, 0.3) is 0 Å². The molecule has 1 heterocycles. The zero-order valence-corrected chi connectivity index (χ0v) is 17.8. The molecule has 1 aromatic heterocycles. The first-order valence-electron chi connectivity index (χ1n) is 7.82.